The van der Waals surface area contributed by atoms with Crippen LogP contribution in [0.1, 0.15) is 39.5 Å². The average molecular weight is 142 g/mol. The molecule has 1 N–H and O–H groups in total. The Kier molecular flexibility index (Phi) is 2.35. The molecule has 0 aromatic heterocycles. The molecule has 1 aliphatic rings. The lowest BCUT2D eigenvalue weighted by molar-refractivity contribution is -0.00589. The van der Waals surface area contributed by atoms with Crippen molar-refractivity contribution in [2.45, 2.75) is 39.5 Å². The number of hydrogen-bond donors (Lipinski definition) is 1. The van der Waals surface area contributed by atoms with E-state index in [1.807, 2.05) is 0 Å². The molecular formula is C9H18O. The van der Waals surface area contributed by atoms with Crippen molar-refractivity contribution in [1.29, 1.82) is 0 Å². The molecule has 0 bridgehead atoms. The Bertz CT molecular complexity index is 97.8. The lowest BCUT2D eigenvalue weighted by Crippen LogP contribution is -2.38. The molecule has 1 aliphatic carbocycles. The first-order chi connectivity index (χ1) is 4.72. The second kappa shape index (κ2) is 2.91. The predicted molar refractivity (Wildman–Crippen MR) is 42.8 cm³/mol. The minimum absolute atomic E-state index is 0.341. The van der Waals surface area contributed by atoms with Crippen LogP contribution in [0.3, 0.4) is 0 Å². The van der Waals surface area contributed by atoms with Crippen LogP contribution in [-0.4, -0.2) is 11.7 Å². The molecule has 0 saturated heterocycles. The zero-order valence-corrected chi connectivity index (χ0v) is 7.06. The molecule has 1 saturated carbocycles. The van der Waals surface area contributed by atoms with Crippen LogP contribution >= 0.6 is 0 Å². The van der Waals surface area contributed by atoms with Crippen LogP contribution < -0.4 is 0 Å². The third-order valence-electron chi connectivity index (χ3n) is 2.68. The van der Waals surface area contributed by atoms with Crippen molar-refractivity contribution in [3.05, 3.63) is 0 Å². The molecule has 1 rings (SSSR count). The van der Waals surface area contributed by atoms with Gasteiger partial charge in [-0.2, -0.15) is 0 Å². The summed E-state index contributed by atoms with van der Waals surface area (Å²) in [6, 6.07) is 0. The minimum atomic E-state index is 0.341. The summed E-state index contributed by atoms with van der Waals surface area (Å²) in [5, 5.41) is 9.09. The van der Waals surface area contributed by atoms with E-state index < -0.39 is 0 Å². The van der Waals surface area contributed by atoms with Gasteiger partial charge in [0.05, 0.1) is 0 Å². The van der Waals surface area contributed by atoms with E-state index in [0.717, 1.165) is 5.92 Å². The van der Waals surface area contributed by atoms with E-state index in [9.17, 15) is 0 Å². The van der Waals surface area contributed by atoms with Crippen LogP contribution in [0.25, 0.3) is 0 Å². The van der Waals surface area contributed by atoms with Gasteiger partial charge in [0.1, 0.15) is 0 Å². The molecule has 0 aromatic rings. The Morgan fingerprint density at radius 2 is 2.10 bits per heavy atom. The van der Waals surface area contributed by atoms with Crippen molar-refractivity contribution in [3.63, 3.8) is 0 Å². The maximum Gasteiger partial charge on any atom is 0.0487 e. The van der Waals surface area contributed by atoms with E-state index in [1.165, 1.54) is 25.7 Å². The average Bonchev–Trinajstić information content (AvgIpc) is 1.84. The SMILES string of the molecule is CCCC1(CO)CC(C)C1. The Balaban J connectivity index is 2.32. The van der Waals surface area contributed by atoms with Crippen molar-refractivity contribution < 1.29 is 5.11 Å². The smallest absolute Gasteiger partial charge is 0.0487 e. The van der Waals surface area contributed by atoms with Gasteiger partial charge in [0.25, 0.3) is 0 Å². The Morgan fingerprint density at radius 1 is 1.50 bits per heavy atom. The topological polar surface area (TPSA) is 20.2 Å². The van der Waals surface area contributed by atoms with E-state index in [2.05, 4.69) is 13.8 Å². The van der Waals surface area contributed by atoms with Gasteiger partial charge < -0.3 is 5.11 Å². The van der Waals surface area contributed by atoms with Gasteiger partial charge in [0, 0.05) is 6.61 Å². The van der Waals surface area contributed by atoms with Crippen LogP contribution in [0, 0.1) is 11.3 Å². The molecule has 10 heavy (non-hydrogen) atoms. The lowest BCUT2D eigenvalue weighted by Gasteiger charge is -2.45. The van der Waals surface area contributed by atoms with E-state index in [0.29, 0.717) is 12.0 Å². The highest BCUT2D eigenvalue weighted by molar-refractivity contribution is 4.90. The summed E-state index contributed by atoms with van der Waals surface area (Å²) in [6.45, 7) is 4.87. The van der Waals surface area contributed by atoms with Crippen LogP contribution in [0.5, 0.6) is 0 Å². The Hall–Kier alpha value is -0.0400. The fourth-order valence-electron chi connectivity index (χ4n) is 2.36. The van der Waals surface area contributed by atoms with Crippen LogP contribution in [0.15, 0.2) is 0 Å². The summed E-state index contributed by atoms with van der Waals surface area (Å²) in [5.41, 5.74) is 0.341. The molecular weight excluding hydrogens is 124 g/mol. The monoisotopic (exact) mass is 142 g/mol. The molecule has 60 valence electrons. The van der Waals surface area contributed by atoms with E-state index in [1.54, 1.807) is 0 Å². The highest BCUT2D eigenvalue weighted by atomic mass is 16.3. The second-order valence-corrected chi connectivity index (χ2v) is 3.92. The van der Waals surface area contributed by atoms with Crippen LogP contribution in [0.2, 0.25) is 0 Å². The van der Waals surface area contributed by atoms with Gasteiger partial charge in [-0.05, 0) is 30.6 Å². The zero-order valence-electron chi connectivity index (χ0n) is 7.06. The highest BCUT2D eigenvalue weighted by Gasteiger charge is 2.40. The Labute approximate surface area is 63.4 Å². The largest absolute Gasteiger partial charge is 0.396 e. The molecule has 0 spiro atoms. The van der Waals surface area contributed by atoms with Gasteiger partial charge >= 0.3 is 0 Å². The summed E-state index contributed by atoms with van der Waals surface area (Å²) >= 11 is 0. The summed E-state index contributed by atoms with van der Waals surface area (Å²) < 4.78 is 0. The van der Waals surface area contributed by atoms with Crippen molar-refractivity contribution in [1.82, 2.24) is 0 Å². The third kappa shape index (κ3) is 1.34. The second-order valence-electron chi connectivity index (χ2n) is 3.92. The predicted octanol–water partition coefficient (Wildman–Crippen LogP) is 2.20. The first kappa shape index (κ1) is 8.06. The van der Waals surface area contributed by atoms with Crippen molar-refractivity contribution in [2.75, 3.05) is 6.61 Å². The van der Waals surface area contributed by atoms with Gasteiger partial charge in [-0.25, -0.2) is 0 Å². The maximum absolute atomic E-state index is 9.09. The number of aliphatic hydroxyl groups is 1. The molecule has 0 aromatic carbocycles. The summed E-state index contributed by atoms with van der Waals surface area (Å²) in [7, 11) is 0. The molecule has 1 fully saturated rings. The van der Waals surface area contributed by atoms with Gasteiger partial charge in [-0.1, -0.05) is 20.3 Å². The van der Waals surface area contributed by atoms with Gasteiger partial charge in [-0.15, -0.1) is 0 Å². The maximum atomic E-state index is 9.09. The fourth-order valence-corrected chi connectivity index (χ4v) is 2.36. The standard InChI is InChI=1S/C9H18O/c1-3-4-9(7-10)5-8(2)6-9/h8,10H,3-7H2,1-2H3. The van der Waals surface area contributed by atoms with Crippen molar-refractivity contribution in [3.8, 4) is 0 Å². The molecule has 1 heteroatoms. The number of rotatable bonds is 3. The van der Waals surface area contributed by atoms with Gasteiger partial charge in [0.15, 0.2) is 0 Å². The first-order valence-corrected chi connectivity index (χ1v) is 4.33. The molecule has 0 unspecified atom stereocenters. The minimum Gasteiger partial charge on any atom is -0.396 e. The first-order valence-electron chi connectivity index (χ1n) is 4.33. The molecule has 0 amide bonds. The Morgan fingerprint density at radius 3 is 2.40 bits per heavy atom. The molecule has 0 atom stereocenters. The van der Waals surface area contributed by atoms with Crippen molar-refractivity contribution in [2.24, 2.45) is 11.3 Å². The molecule has 0 aliphatic heterocycles. The van der Waals surface area contributed by atoms with E-state index in [-0.39, 0.29) is 0 Å². The quantitative estimate of drug-likeness (QED) is 0.640. The molecule has 0 radical (unpaired) electrons. The third-order valence-corrected chi connectivity index (χ3v) is 2.68. The lowest BCUT2D eigenvalue weighted by atomic mass is 9.61. The normalized spacial score (nSPS) is 39.3. The molecule has 0 heterocycles. The highest BCUT2D eigenvalue weighted by Crippen LogP contribution is 2.48. The summed E-state index contributed by atoms with van der Waals surface area (Å²) in [5.74, 6) is 0.860. The number of aliphatic hydroxyl groups excluding tert-OH is 1. The molecule has 1 nitrogen and oxygen atoms in total. The van der Waals surface area contributed by atoms with E-state index >= 15 is 0 Å². The van der Waals surface area contributed by atoms with Gasteiger partial charge in [-0.3, -0.25) is 0 Å². The number of hydrogen-bond acceptors (Lipinski definition) is 1. The fraction of sp³-hybridized carbons (Fsp3) is 1.00. The van der Waals surface area contributed by atoms with Crippen molar-refractivity contribution >= 4 is 0 Å². The summed E-state index contributed by atoms with van der Waals surface area (Å²) in [6.07, 6.45) is 4.93. The van der Waals surface area contributed by atoms with E-state index in [4.69, 9.17) is 5.11 Å². The van der Waals surface area contributed by atoms with Crippen LogP contribution in [0.4, 0.5) is 0 Å². The van der Waals surface area contributed by atoms with Crippen LogP contribution in [-0.2, 0) is 0 Å². The zero-order chi connectivity index (χ0) is 7.61. The van der Waals surface area contributed by atoms with Gasteiger partial charge in [0.2, 0.25) is 0 Å². The summed E-state index contributed by atoms with van der Waals surface area (Å²) in [4.78, 5) is 0.